The third-order valence-electron chi connectivity index (χ3n) is 5.28. The number of hydrogen-bond donors (Lipinski definition) is 2. The molecule has 7 nitrogen and oxygen atoms in total. The molecule has 2 aliphatic rings. The molecule has 0 bridgehead atoms. The SMILES string of the molecule is O=C(c1cccc(-c2c[nH]c(C(=O)N3CCOCC3)c2)c1)N1CCCNCC1. The quantitative estimate of drug-likeness (QED) is 0.845. The molecule has 148 valence electrons. The van der Waals surface area contributed by atoms with Gasteiger partial charge >= 0.3 is 0 Å². The van der Waals surface area contributed by atoms with Crippen LogP contribution in [0.1, 0.15) is 27.3 Å². The van der Waals surface area contributed by atoms with Crippen LogP contribution in [0.2, 0.25) is 0 Å². The van der Waals surface area contributed by atoms with Crippen molar-refractivity contribution in [2.75, 3.05) is 52.5 Å². The number of benzene rings is 1. The minimum absolute atomic E-state index is 0.0150. The van der Waals surface area contributed by atoms with E-state index in [0.717, 1.165) is 43.7 Å². The fraction of sp³-hybridized carbons (Fsp3) is 0.429. The van der Waals surface area contributed by atoms with Crippen molar-refractivity contribution in [3.63, 3.8) is 0 Å². The minimum Gasteiger partial charge on any atom is -0.378 e. The predicted molar refractivity (Wildman–Crippen MR) is 106 cm³/mol. The van der Waals surface area contributed by atoms with Crippen LogP contribution in [-0.4, -0.2) is 79.1 Å². The van der Waals surface area contributed by atoms with Crippen molar-refractivity contribution in [1.29, 1.82) is 0 Å². The van der Waals surface area contributed by atoms with Gasteiger partial charge in [-0.25, -0.2) is 0 Å². The Morgan fingerprint density at radius 2 is 1.71 bits per heavy atom. The van der Waals surface area contributed by atoms with Crippen molar-refractivity contribution in [1.82, 2.24) is 20.1 Å². The van der Waals surface area contributed by atoms with Crippen molar-refractivity contribution >= 4 is 11.8 Å². The van der Waals surface area contributed by atoms with Gasteiger partial charge in [-0.05, 0) is 42.3 Å². The zero-order valence-corrected chi connectivity index (χ0v) is 15.9. The number of nitrogens with zero attached hydrogens (tertiary/aromatic N) is 2. The summed E-state index contributed by atoms with van der Waals surface area (Å²) < 4.78 is 5.31. The van der Waals surface area contributed by atoms with E-state index in [-0.39, 0.29) is 11.8 Å². The first-order valence-corrected chi connectivity index (χ1v) is 9.88. The Kier molecular flexibility index (Phi) is 5.73. The molecule has 2 fully saturated rings. The third kappa shape index (κ3) is 4.10. The van der Waals surface area contributed by atoms with Gasteiger partial charge in [-0.15, -0.1) is 0 Å². The van der Waals surface area contributed by atoms with Crippen LogP contribution in [0.5, 0.6) is 0 Å². The lowest BCUT2D eigenvalue weighted by Crippen LogP contribution is -2.40. The molecule has 0 saturated carbocycles. The van der Waals surface area contributed by atoms with E-state index in [1.54, 1.807) is 4.90 Å². The van der Waals surface area contributed by atoms with Crippen molar-refractivity contribution in [3.05, 3.63) is 47.8 Å². The number of carbonyl (C=O) groups is 2. The lowest BCUT2D eigenvalue weighted by atomic mass is 10.0. The van der Waals surface area contributed by atoms with Crippen molar-refractivity contribution in [2.24, 2.45) is 0 Å². The molecule has 0 radical (unpaired) electrons. The highest BCUT2D eigenvalue weighted by Crippen LogP contribution is 2.23. The molecule has 1 aromatic heterocycles. The fourth-order valence-corrected chi connectivity index (χ4v) is 3.68. The molecule has 1 aromatic carbocycles. The number of morpholine rings is 1. The van der Waals surface area contributed by atoms with Crippen LogP contribution < -0.4 is 5.32 Å². The van der Waals surface area contributed by atoms with E-state index in [2.05, 4.69) is 10.3 Å². The number of nitrogens with one attached hydrogen (secondary N) is 2. The maximum atomic E-state index is 12.9. The maximum Gasteiger partial charge on any atom is 0.270 e. The summed E-state index contributed by atoms with van der Waals surface area (Å²) in [6.07, 6.45) is 2.80. The van der Waals surface area contributed by atoms with Gasteiger partial charge in [0.25, 0.3) is 11.8 Å². The zero-order chi connectivity index (χ0) is 19.3. The second-order valence-corrected chi connectivity index (χ2v) is 7.18. The summed E-state index contributed by atoms with van der Waals surface area (Å²) in [6.45, 7) is 5.67. The van der Waals surface area contributed by atoms with Crippen LogP contribution in [0.3, 0.4) is 0 Å². The number of rotatable bonds is 3. The van der Waals surface area contributed by atoms with Gasteiger partial charge in [0, 0.05) is 44.5 Å². The Morgan fingerprint density at radius 1 is 0.893 bits per heavy atom. The molecule has 0 atom stereocenters. The Hall–Kier alpha value is -2.64. The van der Waals surface area contributed by atoms with Crippen LogP contribution in [0, 0.1) is 0 Å². The van der Waals surface area contributed by atoms with E-state index in [1.165, 1.54) is 0 Å². The smallest absolute Gasteiger partial charge is 0.270 e. The number of H-pyrrole nitrogens is 1. The van der Waals surface area contributed by atoms with Crippen molar-refractivity contribution in [2.45, 2.75) is 6.42 Å². The summed E-state index contributed by atoms with van der Waals surface area (Å²) in [5.41, 5.74) is 3.08. The second kappa shape index (κ2) is 8.58. The van der Waals surface area contributed by atoms with Crippen LogP contribution in [0.4, 0.5) is 0 Å². The van der Waals surface area contributed by atoms with Crippen LogP contribution in [0.15, 0.2) is 36.5 Å². The van der Waals surface area contributed by atoms with Crippen LogP contribution >= 0.6 is 0 Å². The molecule has 0 unspecified atom stereocenters. The molecule has 2 saturated heterocycles. The molecule has 28 heavy (non-hydrogen) atoms. The molecular weight excluding hydrogens is 356 g/mol. The Bertz CT molecular complexity index is 834. The maximum absolute atomic E-state index is 12.9. The minimum atomic E-state index is -0.0150. The van der Waals surface area contributed by atoms with Gasteiger partial charge in [-0.1, -0.05) is 12.1 Å². The number of aromatic nitrogens is 1. The normalized spacial score (nSPS) is 18.0. The molecule has 4 rings (SSSR count). The highest BCUT2D eigenvalue weighted by molar-refractivity contribution is 5.96. The summed E-state index contributed by atoms with van der Waals surface area (Å²) in [4.78, 5) is 32.3. The third-order valence-corrected chi connectivity index (χ3v) is 5.28. The molecule has 2 aromatic rings. The summed E-state index contributed by atoms with van der Waals surface area (Å²) in [7, 11) is 0. The molecule has 3 heterocycles. The number of hydrogen-bond acceptors (Lipinski definition) is 4. The summed E-state index contributed by atoms with van der Waals surface area (Å²) in [5.74, 6) is 0.0459. The molecular formula is C21H26N4O3. The zero-order valence-electron chi connectivity index (χ0n) is 15.9. The van der Waals surface area contributed by atoms with Gasteiger partial charge in [-0.2, -0.15) is 0 Å². The summed E-state index contributed by atoms with van der Waals surface area (Å²) >= 11 is 0. The largest absolute Gasteiger partial charge is 0.378 e. The molecule has 2 N–H and O–H groups in total. The summed E-state index contributed by atoms with van der Waals surface area (Å²) in [6, 6.07) is 9.49. The monoisotopic (exact) mass is 382 g/mol. The van der Waals surface area contributed by atoms with E-state index in [1.807, 2.05) is 41.4 Å². The number of ether oxygens (including phenoxy) is 1. The van der Waals surface area contributed by atoms with Crippen LogP contribution in [0.25, 0.3) is 11.1 Å². The van der Waals surface area contributed by atoms with E-state index in [9.17, 15) is 9.59 Å². The first-order valence-electron chi connectivity index (χ1n) is 9.88. The van der Waals surface area contributed by atoms with E-state index in [4.69, 9.17) is 4.74 Å². The highest BCUT2D eigenvalue weighted by atomic mass is 16.5. The van der Waals surface area contributed by atoms with Gasteiger partial charge in [-0.3, -0.25) is 9.59 Å². The number of amides is 2. The average molecular weight is 382 g/mol. The van der Waals surface area contributed by atoms with Crippen molar-refractivity contribution in [3.8, 4) is 11.1 Å². The lowest BCUT2D eigenvalue weighted by molar-refractivity contribution is 0.0299. The Balaban J connectivity index is 1.50. The van der Waals surface area contributed by atoms with Gasteiger partial charge in [0.05, 0.1) is 13.2 Å². The topological polar surface area (TPSA) is 77.7 Å². The lowest BCUT2D eigenvalue weighted by Gasteiger charge is -2.26. The second-order valence-electron chi connectivity index (χ2n) is 7.18. The highest BCUT2D eigenvalue weighted by Gasteiger charge is 2.21. The fourth-order valence-electron chi connectivity index (χ4n) is 3.68. The Labute approximate surface area is 164 Å². The standard InChI is InChI=1S/C21H26N4O3/c26-20(24-7-2-5-22-6-8-24)17-4-1-3-16(13-17)18-14-19(23-15-18)21(27)25-9-11-28-12-10-25/h1,3-4,13-15,22-23H,2,5-12H2. The van der Waals surface area contributed by atoms with E-state index < -0.39 is 0 Å². The summed E-state index contributed by atoms with van der Waals surface area (Å²) in [5, 5.41) is 3.32. The van der Waals surface area contributed by atoms with Gasteiger partial charge in [0.1, 0.15) is 5.69 Å². The first-order chi connectivity index (χ1) is 13.7. The first kappa shape index (κ1) is 18.7. The number of carbonyl (C=O) groups excluding carboxylic acids is 2. The molecule has 7 heteroatoms. The van der Waals surface area contributed by atoms with Gasteiger partial charge in [0.15, 0.2) is 0 Å². The molecule has 0 aliphatic carbocycles. The van der Waals surface area contributed by atoms with Crippen LogP contribution in [-0.2, 0) is 4.74 Å². The van der Waals surface area contributed by atoms with Crippen molar-refractivity contribution < 1.29 is 14.3 Å². The number of aromatic amines is 1. The van der Waals surface area contributed by atoms with Gasteiger partial charge < -0.3 is 24.8 Å². The molecule has 2 amide bonds. The van der Waals surface area contributed by atoms with E-state index >= 15 is 0 Å². The average Bonchev–Trinajstić information content (AvgIpc) is 3.09. The molecule has 0 spiro atoms. The Morgan fingerprint density at radius 3 is 2.57 bits per heavy atom. The molecule has 2 aliphatic heterocycles. The van der Waals surface area contributed by atoms with E-state index in [0.29, 0.717) is 37.6 Å². The van der Waals surface area contributed by atoms with Gasteiger partial charge in [0.2, 0.25) is 0 Å². The predicted octanol–water partition coefficient (Wildman–Crippen LogP) is 1.59.